The summed E-state index contributed by atoms with van der Waals surface area (Å²) in [7, 11) is 0. The number of nitrogens with zero attached hydrogens (tertiary/aromatic N) is 3. The number of anilines is 1. The Kier molecular flexibility index (Phi) is 5.74. The van der Waals surface area contributed by atoms with E-state index in [0.29, 0.717) is 11.5 Å². The van der Waals surface area contributed by atoms with Gasteiger partial charge < -0.3 is 10.1 Å². The maximum atomic E-state index is 12.2. The van der Waals surface area contributed by atoms with Crippen molar-refractivity contribution >= 4 is 29.0 Å². The first-order chi connectivity index (χ1) is 13.3. The van der Waals surface area contributed by atoms with E-state index in [1.165, 1.54) is 4.57 Å². The lowest BCUT2D eigenvalue weighted by Gasteiger charge is -2.10. The SMILES string of the molecule is Cc1ccc(-n2nc(C)cc2NC(=O)COC(=O)Cn2c(C)csc2=O)cc1. The van der Waals surface area contributed by atoms with E-state index >= 15 is 0 Å². The van der Waals surface area contributed by atoms with E-state index in [4.69, 9.17) is 4.74 Å². The number of esters is 1. The smallest absolute Gasteiger partial charge is 0.326 e. The molecular weight excluding hydrogens is 380 g/mol. The van der Waals surface area contributed by atoms with Crippen LogP contribution < -0.4 is 10.2 Å². The predicted molar refractivity (Wildman–Crippen MR) is 106 cm³/mol. The molecule has 2 heterocycles. The van der Waals surface area contributed by atoms with Crippen molar-refractivity contribution in [2.45, 2.75) is 27.3 Å². The third-order valence-corrected chi connectivity index (χ3v) is 4.89. The summed E-state index contributed by atoms with van der Waals surface area (Å²) in [5.41, 5.74) is 3.33. The second-order valence-corrected chi connectivity index (χ2v) is 7.18. The fourth-order valence-corrected chi connectivity index (χ4v) is 3.30. The first-order valence-electron chi connectivity index (χ1n) is 8.57. The van der Waals surface area contributed by atoms with Crippen LogP contribution in [0.4, 0.5) is 5.82 Å². The minimum Gasteiger partial charge on any atom is -0.454 e. The van der Waals surface area contributed by atoms with Gasteiger partial charge in [-0.1, -0.05) is 29.0 Å². The minimum absolute atomic E-state index is 0.220. The van der Waals surface area contributed by atoms with Crippen molar-refractivity contribution < 1.29 is 14.3 Å². The molecule has 1 N–H and O–H groups in total. The van der Waals surface area contributed by atoms with Crippen molar-refractivity contribution in [3.05, 3.63) is 62.3 Å². The molecule has 2 aromatic heterocycles. The number of hydrogen-bond donors (Lipinski definition) is 1. The molecule has 3 aromatic rings. The molecule has 0 unspecified atom stereocenters. The van der Waals surface area contributed by atoms with Gasteiger partial charge in [-0.15, -0.1) is 0 Å². The van der Waals surface area contributed by atoms with Gasteiger partial charge in [0.1, 0.15) is 12.4 Å². The highest BCUT2D eigenvalue weighted by Gasteiger charge is 2.14. The van der Waals surface area contributed by atoms with Crippen LogP contribution in [0.3, 0.4) is 0 Å². The van der Waals surface area contributed by atoms with Gasteiger partial charge in [0.25, 0.3) is 5.91 Å². The average molecular weight is 400 g/mol. The highest BCUT2D eigenvalue weighted by Crippen LogP contribution is 2.17. The molecule has 3 rings (SSSR count). The van der Waals surface area contributed by atoms with E-state index in [1.54, 1.807) is 23.1 Å². The molecule has 0 aliphatic heterocycles. The maximum absolute atomic E-state index is 12.2. The number of amides is 1. The Morgan fingerprint density at radius 1 is 1.18 bits per heavy atom. The lowest BCUT2D eigenvalue weighted by molar-refractivity contribution is -0.147. The van der Waals surface area contributed by atoms with Crippen LogP contribution in [0.25, 0.3) is 5.69 Å². The number of nitrogens with one attached hydrogen (secondary N) is 1. The lowest BCUT2D eigenvalue weighted by Crippen LogP contribution is -2.26. The number of carbonyl (C=O) groups is 2. The first-order valence-corrected chi connectivity index (χ1v) is 9.45. The van der Waals surface area contributed by atoms with Gasteiger partial charge in [-0.2, -0.15) is 5.10 Å². The summed E-state index contributed by atoms with van der Waals surface area (Å²) in [6.45, 7) is 4.87. The van der Waals surface area contributed by atoms with Crippen LogP contribution in [-0.4, -0.2) is 32.8 Å². The second kappa shape index (κ2) is 8.22. The van der Waals surface area contributed by atoms with Gasteiger partial charge in [-0.25, -0.2) is 4.68 Å². The van der Waals surface area contributed by atoms with Crippen LogP contribution in [0.2, 0.25) is 0 Å². The Bertz CT molecular complexity index is 1060. The molecule has 0 atom stereocenters. The van der Waals surface area contributed by atoms with Gasteiger partial charge in [0, 0.05) is 17.1 Å². The van der Waals surface area contributed by atoms with Crippen molar-refractivity contribution in [2.24, 2.45) is 0 Å². The molecule has 0 radical (unpaired) electrons. The van der Waals surface area contributed by atoms with Gasteiger partial charge >= 0.3 is 10.8 Å². The van der Waals surface area contributed by atoms with Crippen molar-refractivity contribution in [3.8, 4) is 5.69 Å². The summed E-state index contributed by atoms with van der Waals surface area (Å²) < 4.78 is 7.91. The summed E-state index contributed by atoms with van der Waals surface area (Å²) in [6, 6.07) is 9.44. The Morgan fingerprint density at radius 2 is 1.89 bits per heavy atom. The molecule has 1 amide bonds. The zero-order valence-electron chi connectivity index (χ0n) is 15.8. The number of carbonyl (C=O) groups excluding carboxylic acids is 2. The second-order valence-electron chi connectivity index (χ2n) is 6.36. The van der Waals surface area contributed by atoms with Crippen LogP contribution in [0, 0.1) is 20.8 Å². The van der Waals surface area contributed by atoms with Crippen LogP contribution in [0.15, 0.2) is 40.5 Å². The molecule has 146 valence electrons. The van der Waals surface area contributed by atoms with E-state index in [0.717, 1.165) is 28.3 Å². The third-order valence-electron chi connectivity index (χ3n) is 4.01. The van der Waals surface area contributed by atoms with Gasteiger partial charge in [-0.05, 0) is 32.9 Å². The normalized spacial score (nSPS) is 10.7. The zero-order chi connectivity index (χ0) is 20.3. The molecule has 0 fully saturated rings. The summed E-state index contributed by atoms with van der Waals surface area (Å²) in [6.07, 6.45) is 0. The molecule has 0 aliphatic rings. The quantitative estimate of drug-likeness (QED) is 0.640. The highest BCUT2D eigenvalue weighted by atomic mass is 32.1. The fraction of sp³-hybridized carbons (Fsp3) is 0.263. The van der Waals surface area contributed by atoms with Crippen molar-refractivity contribution in [3.63, 3.8) is 0 Å². The van der Waals surface area contributed by atoms with E-state index in [9.17, 15) is 14.4 Å². The maximum Gasteiger partial charge on any atom is 0.326 e. The summed E-state index contributed by atoms with van der Waals surface area (Å²) >= 11 is 1.01. The summed E-state index contributed by atoms with van der Waals surface area (Å²) in [5, 5.41) is 8.75. The predicted octanol–water partition coefficient (Wildman–Crippen LogP) is 2.20. The number of aromatic nitrogens is 3. The molecule has 9 heteroatoms. The zero-order valence-corrected chi connectivity index (χ0v) is 16.6. The van der Waals surface area contributed by atoms with E-state index in [1.807, 2.05) is 38.1 Å². The van der Waals surface area contributed by atoms with E-state index < -0.39 is 18.5 Å². The lowest BCUT2D eigenvalue weighted by atomic mass is 10.2. The van der Waals surface area contributed by atoms with Crippen LogP contribution >= 0.6 is 11.3 Å². The number of hydrogen-bond acceptors (Lipinski definition) is 6. The molecule has 0 spiro atoms. The van der Waals surface area contributed by atoms with Crippen LogP contribution in [0.5, 0.6) is 0 Å². The van der Waals surface area contributed by atoms with Crippen molar-refractivity contribution in [2.75, 3.05) is 11.9 Å². The number of aryl methyl sites for hydroxylation is 3. The minimum atomic E-state index is -0.651. The highest BCUT2D eigenvalue weighted by molar-refractivity contribution is 7.07. The fourth-order valence-electron chi connectivity index (χ4n) is 2.57. The van der Waals surface area contributed by atoms with Crippen molar-refractivity contribution in [1.82, 2.24) is 14.3 Å². The van der Waals surface area contributed by atoms with Crippen LogP contribution in [-0.2, 0) is 20.9 Å². The van der Waals surface area contributed by atoms with Crippen LogP contribution in [0.1, 0.15) is 17.0 Å². The molecule has 28 heavy (non-hydrogen) atoms. The molecular formula is C19H20N4O4S. The van der Waals surface area contributed by atoms with E-state index in [2.05, 4.69) is 10.4 Å². The standard InChI is InChI=1S/C19H20N4O4S/c1-12-4-6-15(7-5-12)23-16(8-13(2)21-23)20-17(24)10-27-18(25)9-22-14(3)11-28-19(22)26/h4-8,11H,9-10H2,1-3H3,(H,20,24). The Hall–Kier alpha value is -3.20. The summed E-state index contributed by atoms with van der Waals surface area (Å²) in [5.74, 6) is -0.662. The van der Waals surface area contributed by atoms with Gasteiger partial charge in [0.15, 0.2) is 6.61 Å². The first kappa shape index (κ1) is 19.6. The largest absolute Gasteiger partial charge is 0.454 e. The monoisotopic (exact) mass is 400 g/mol. The van der Waals surface area contributed by atoms with E-state index in [-0.39, 0.29) is 11.4 Å². The number of rotatable bonds is 6. The average Bonchev–Trinajstić information content (AvgIpc) is 3.17. The Balaban J connectivity index is 1.62. The van der Waals surface area contributed by atoms with Gasteiger partial charge in [0.2, 0.25) is 0 Å². The van der Waals surface area contributed by atoms with Crippen molar-refractivity contribution in [1.29, 1.82) is 0 Å². The molecule has 1 aromatic carbocycles. The Labute approximate surface area is 165 Å². The molecule has 0 saturated heterocycles. The van der Waals surface area contributed by atoms with Gasteiger partial charge in [0.05, 0.1) is 11.4 Å². The number of benzene rings is 1. The number of ether oxygens (including phenoxy) is 1. The molecule has 0 bridgehead atoms. The van der Waals surface area contributed by atoms with Gasteiger partial charge in [-0.3, -0.25) is 19.0 Å². The molecule has 0 saturated carbocycles. The topological polar surface area (TPSA) is 95.2 Å². The molecule has 0 aliphatic carbocycles. The molecule has 8 nitrogen and oxygen atoms in total. The Morgan fingerprint density at radius 3 is 2.54 bits per heavy atom. The summed E-state index contributed by atoms with van der Waals surface area (Å²) in [4.78, 5) is 35.5. The third kappa shape index (κ3) is 4.55. The number of thiazole rings is 1.